The molecule has 88 valence electrons. The van der Waals surface area contributed by atoms with Crippen molar-refractivity contribution in [3.8, 4) is 5.82 Å². The van der Waals surface area contributed by atoms with E-state index in [1.54, 1.807) is 19.3 Å². The van der Waals surface area contributed by atoms with E-state index >= 15 is 0 Å². The maximum absolute atomic E-state index is 10.8. The van der Waals surface area contributed by atoms with Gasteiger partial charge in [-0.05, 0) is 19.4 Å². The van der Waals surface area contributed by atoms with E-state index in [9.17, 15) is 4.79 Å². The van der Waals surface area contributed by atoms with Gasteiger partial charge in [-0.15, -0.1) is 0 Å². The predicted molar refractivity (Wildman–Crippen MR) is 60.0 cm³/mol. The summed E-state index contributed by atoms with van der Waals surface area (Å²) >= 11 is 0. The lowest BCUT2D eigenvalue weighted by Crippen LogP contribution is -2.13. The summed E-state index contributed by atoms with van der Waals surface area (Å²) in [6, 6.07) is 0. The molecule has 0 atom stereocenters. The Hall–Kier alpha value is -2.44. The number of carbonyl (C=O) groups is 1. The fourth-order valence-electron chi connectivity index (χ4n) is 1.43. The first-order chi connectivity index (χ1) is 7.99. The van der Waals surface area contributed by atoms with Crippen LogP contribution in [0.15, 0.2) is 12.4 Å². The number of hydrogen-bond acceptors (Lipinski definition) is 5. The molecule has 0 bridgehead atoms. The smallest absolute Gasteiger partial charge is 0.358 e. The van der Waals surface area contributed by atoms with Crippen LogP contribution >= 0.6 is 0 Å². The Bertz CT molecular complexity index is 590. The second-order valence-corrected chi connectivity index (χ2v) is 3.63. The van der Waals surface area contributed by atoms with Crippen molar-refractivity contribution in [1.82, 2.24) is 19.7 Å². The lowest BCUT2D eigenvalue weighted by atomic mass is 10.3. The molecule has 0 saturated carbocycles. The summed E-state index contributed by atoms with van der Waals surface area (Å²) in [4.78, 5) is 18.7. The van der Waals surface area contributed by atoms with Crippen molar-refractivity contribution >= 4 is 11.8 Å². The number of nitrogens with two attached hydrogens (primary N) is 1. The van der Waals surface area contributed by atoms with Crippen molar-refractivity contribution in [1.29, 1.82) is 0 Å². The first-order valence-electron chi connectivity index (χ1n) is 4.88. The van der Waals surface area contributed by atoms with E-state index in [1.165, 1.54) is 4.68 Å². The topological polar surface area (TPSA) is 107 Å². The van der Waals surface area contributed by atoms with Crippen molar-refractivity contribution in [2.45, 2.75) is 13.8 Å². The Balaban J connectivity index is 2.57. The van der Waals surface area contributed by atoms with Crippen LogP contribution in [0.25, 0.3) is 5.82 Å². The minimum absolute atomic E-state index is 0.119. The average molecular weight is 233 g/mol. The van der Waals surface area contributed by atoms with Crippen LogP contribution in [-0.4, -0.2) is 30.8 Å². The number of hydrogen-bond donors (Lipinski definition) is 2. The van der Waals surface area contributed by atoms with Crippen LogP contribution < -0.4 is 5.73 Å². The molecule has 17 heavy (non-hydrogen) atoms. The quantitative estimate of drug-likeness (QED) is 0.784. The molecular formula is C10H11N5O2. The van der Waals surface area contributed by atoms with Gasteiger partial charge in [0.1, 0.15) is 0 Å². The Morgan fingerprint density at radius 2 is 2.12 bits per heavy atom. The minimum Gasteiger partial charge on any atom is -0.476 e. The van der Waals surface area contributed by atoms with Crippen LogP contribution in [0, 0.1) is 13.8 Å². The number of nitrogen functional groups attached to an aromatic ring is 1. The highest BCUT2D eigenvalue weighted by Crippen LogP contribution is 2.14. The van der Waals surface area contributed by atoms with Crippen LogP contribution in [0.5, 0.6) is 0 Å². The standard InChI is InChI=1S/C10H11N5O2/c1-5-3-12-15(4-5)9-6(2)13-7(10(16)17)8(11)14-9/h3-4H,1-2H3,(H2,11,14)(H,16,17). The normalized spacial score (nSPS) is 10.5. The highest BCUT2D eigenvalue weighted by molar-refractivity contribution is 5.90. The molecule has 0 aliphatic carbocycles. The molecular weight excluding hydrogens is 222 g/mol. The zero-order chi connectivity index (χ0) is 12.6. The number of aromatic nitrogens is 4. The van der Waals surface area contributed by atoms with Gasteiger partial charge in [-0.2, -0.15) is 5.10 Å². The number of rotatable bonds is 2. The molecule has 2 rings (SSSR count). The van der Waals surface area contributed by atoms with Gasteiger partial charge in [0.15, 0.2) is 17.3 Å². The monoisotopic (exact) mass is 233 g/mol. The van der Waals surface area contributed by atoms with Crippen LogP contribution in [-0.2, 0) is 0 Å². The summed E-state index contributed by atoms with van der Waals surface area (Å²) in [5, 5.41) is 12.9. The molecule has 0 fully saturated rings. The van der Waals surface area contributed by atoms with E-state index < -0.39 is 5.97 Å². The molecule has 7 heteroatoms. The summed E-state index contributed by atoms with van der Waals surface area (Å²) in [5.74, 6) is -0.881. The molecule has 0 aromatic carbocycles. The van der Waals surface area contributed by atoms with Gasteiger partial charge >= 0.3 is 5.97 Å². The first kappa shape index (κ1) is 11.1. The van der Waals surface area contributed by atoms with Gasteiger partial charge in [0.25, 0.3) is 0 Å². The maximum Gasteiger partial charge on any atom is 0.358 e. The Kier molecular flexibility index (Phi) is 2.51. The van der Waals surface area contributed by atoms with Gasteiger partial charge in [-0.3, -0.25) is 0 Å². The largest absolute Gasteiger partial charge is 0.476 e. The molecule has 0 aliphatic heterocycles. The lowest BCUT2D eigenvalue weighted by Gasteiger charge is -2.07. The summed E-state index contributed by atoms with van der Waals surface area (Å²) in [5.41, 5.74) is 6.72. The minimum atomic E-state index is -1.19. The molecule has 0 aliphatic rings. The van der Waals surface area contributed by atoms with Gasteiger partial charge in [0.05, 0.1) is 11.9 Å². The Labute approximate surface area is 96.9 Å². The van der Waals surface area contributed by atoms with Crippen molar-refractivity contribution in [2.24, 2.45) is 0 Å². The zero-order valence-corrected chi connectivity index (χ0v) is 9.38. The fraction of sp³-hybridized carbons (Fsp3) is 0.200. The predicted octanol–water partition coefficient (Wildman–Crippen LogP) is 0.560. The van der Waals surface area contributed by atoms with Crippen molar-refractivity contribution in [3.05, 3.63) is 29.3 Å². The zero-order valence-electron chi connectivity index (χ0n) is 9.38. The van der Waals surface area contributed by atoms with Gasteiger partial charge in [0.2, 0.25) is 0 Å². The first-order valence-corrected chi connectivity index (χ1v) is 4.88. The molecule has 0 amide bonds. The summed E-state index contributed by atoms with van der Waals surface area (Å²) in [7, 11) is 0. The van der Waals surface area contributed by atoms with E-state index in [-0.39, 0.29) is 11.5 Å². The van der Waals surface area contributed by atoms with Crippen molar-refractivity contribution in [2.75, 3.05) is 5.73 Å². The SMILES string of the molecule is Cc1cnn(-c2nc(N)c(C(=O)O)nc2C)c1. The highest BCUT2D eigenvalue weighted by atomic mass is 16.4. The van der Waals surface area contributed by atoms with E-state index in [4.69, 9.17) is 10.8 Å². The average Bonchev–Trinajstić information content (AvgIpc) is 2.67. The molecule has 0 unspecified atom stereocenters. The number of aryl methyl sites for hydroxylation is 2. The van der Waals surface area contributed by atoms with Crippen LogP contribution in [0.2, 0.25) is 0 Å². The molecule has 0 spiro atoms. The third-order valence-electron chi connectivity index (χ3n) is 2.20. The van der Waals surface area contributed by atoms with E-state index in [1.807, 2.05) is 6.92 Å². The number of carboxylic acids is 1. The van der Waals surface area contributed by atoms with Crippen molar-refractivity contribution in [3.63, 3.8) is 0 Å². The fourth-order valence-corrected chi connectivity index (χ4v) is 1.43. The lowest BCUT2D eigenvalue weighted by molar-refractivity contribution is 0.0691. The van der Waals surface area contributed by atoms with Crippen molar-refractivity contribution < 1.29 is 9.90 Å². The van der Waals surface area contributed by atoms with Gasteiger partial charge in [0, 0.05) is 6.20 Å². The molecule has 2 aromatic rings. The highest BCUT2D eigenvalue weighted by Gasteiger charge is 2.15. The summed E-state index contributed by atoms with van der Waals surface area (Å²) < 4.78 is 1.51. The third-order valence-corrected chi connectivity index (χ3v) is 2.20. The molecule has 2 heterocycles. The van der Waals surface area contributed by atoms with Gasteiger partial charge in [-0.1, -0.05) is 0 Å². The van der Waals surface area contributed by atoms with E-state index in [2.05, 4.69) is 15.1 Å². The second kappa shape index (κ2) is 3.85. The molecule has 2 aromatic heterocycles. The van der Waals surface area contributed by atoms with Crippen LogP contribution in [0.1, 0.15) is 21.7 Å². The third kappa shape index (κ3) is 1.94. The molecule has 0 saturated heterocycles. The number of anilines is 1. The van der Waals surface area contributed by atoms with Gasteiger partial charge < -0.3 is 10.8 Å². The van der Waals surface area contributed by atoms with Crippen LogP contribution in [0.4, 0.5) is 5.82 Å². The van der Waals surface area contributed by atoms with Gasteiger partial charge in [-0.25, -0.2) is 19.4 Å². The number of nitrogens with zero attached hydrogens (tertiary/aromatic N) is 4. The maximum atomic E-state index is 10.8. The number of aromatic carboxylic acids is 1. The molecule has 0 radical (unpaired) electrons. The summed E-state index contributed by atoms with van der Waals surface area (Å²) in [6.45, 7) is 3.55. The van der Waals surface area contributed by atoms with Crippen LogP contribution in [0.3, 0.4) is 0 Å². The Morgan fingerprint density at radius 3 is 2.65 bits per heavy atom. The molecule has 3 N–H and O–H groups in total. The van der Waals surface area contributed by atoms with E-state index in [0.717, 1.165) is 5.56 Å². The number of carboxylic acid groups (broad SMARTS) is 1. The summed E-state index contributed by atoms with van der Waals surface area (Å²) in [6.07, 6.45) is 3.43. The molecule has 7 nitrogen and oxygen atoms in total. The second-order valence-electron chi connectivity index (χ2n) is 3.63. The Morgan fingerprint density at radius 1 is 1.41 bits per heavy atom. The van der Waals surface area contributed by atoms with E-state index in [0.29, 0.717) is 11.5 Å².